The normalized spacial score (nSPS) is 14.3. The van der Waals surface area contributed by atoms with E-state index in [1.807, 2.05) is 18.2 Å². The third-order valence-corrected chi connectivity index (χ3v) is 4.42. The number of carboxylic acid groups (broad SMARTS) is 1. The van der Waals surface area contributed by atoms with Crippen molar-refractivity contribution >= 4 is 17.7 Å². The van der Waals surface area contributed by atoms with E-state index in [0.717, 1.165) is 11.1 Å². The third-order valence-electron chi connectivity index (χ3n) is 4.42. The molecule has 1 aliphatic heterocycles. The molecule has 0 atom stereocenters. The Morgan fingerprint density at radius 3 is 2.78 bits per heavy atom. The van der Waals surface area contributed by atoms with Gasteiger partial charge in [0.25, 0.3) is 5.91 Å². The maximum Gasteiger partial charge on any atom is 0.335 e. The van der Waals surface area contributed by atoms with Gasteiger partial charge in [-0.05, 0) is 42.8 Å². The minimum atomic E-state index is -0.986. The second kappa shape index (κ2) is 11.2. The van der Waals surface area contributed by atoms with E-state index in [4.69, 9.17) is 5.11 Å². The van der Waals surface area contributed by atoms with Crippen LogP contribution in [0.15, 0.2) is 89.8 Å². The average molecular weight is 432 g/mol. The van der Waals surface area contributed by atoms with Crippen molar-refractivity contribution in [3.63, 3.8) is 0 Å². The number of rotatable bonds is 9. The number of hydrazone groups is 1. The molecule has 3 rings (SSSR count). The highest BCUT2D eigenvalue weighted by atomic mass is 16.4. The molecule has 32 heavy (non-hydrogen) atoms. The van der Waals surface area contributed by atoms with E-state index < -0.39 is 5.97 Å². The zero-order valence-electron chi connectivity index (χ0n) is 17.5. The van der Waals surface area contributed by atoms with Gasteiger partial charge in [-0.2, -0.15) is 0 Å². The second-order valence-electron chi connectivity index (χ2n) is 6.76. The number of hydrazine groups is 2. The lowest BCUT2D eigenvalue weighted by molar-refractivity contribution is -0.132. The number of amidine groups is 1. The highest BCUT2D eigenvalue weighted by Gasteiger charge is 2.16. The highest BCUT2D eigenvalue weighted by Crippen LogP contribution is 2.09. The number of carboxylic acids is 1. The summed E-state index contributed by atoms with van der Waals surface area (Å²) < 4.78 is 0. The van der Waals surface area contributed by atoms with E-state index in [9.17, 15) is 9.59 Å². The number of carbonyl (C=O) groups is 2. The van der Waals surface area contributed by atoms with Gasteiger partial charge in [0.2, 0.25) is 0 Å². The molecule has 1 amide bonds. The van der Waals surface area contributed by atoms with Crippen molar-refractivity contribution < 1.29 is 14.7 Å². The monoisotopic (exact) mass is 432 g/mol. The lowest BCUT2D eigenvalue weighted by Gasteiger charge is -2.13. The number of aromatic nitrogens is 1. The maximum atomic E-state index is 12.5. The molecule has 0 aliphatic carbocycles. The largest absolute Gasteiger partial charge is 0.478 e. The van der Waals surface area contributed by atoms with Crippen LogP contribution in [-0.4, -0.2) is 39.5 Å². The first kappa shape index (κ1) is 22.4. The number of nitrogens with zero attached hydrogens (tertiary/aromatic N) is 3. The SMILES string of the molecule is C\C=C/C(=C\C=C\CN1NN=C(c2cccc(C(=O)NCc3ccncc3)c2)N1)C(=O)O. The van der Waals surface area contributed by atoms with Gasteiger partial charge < -0.3 is 10.4 Å². The zero-order chi connectivity index (χ0) is 22.8. The number of nitrogens with one attached hydrogen (secondary N) is 3. The Kier molecular flexibility index (Phi) is 7.88. The fourth-order valence-electron chi connectivity index (χ4n) is 2.81. The van der Waals surface area contributed by atoms with Gasteiger partial charge in [-0.1, -0.05) is 36.4 Å². The molecule has 0 spiro atoms. The quantitative estimate of drug-likeness (QED) is 0.354. The van der Waals surface area contributed by atoms with Crippen molar-refractivity contribution in [1.82, 2.24) is 26.4 Å². The Morgan fingerprint density at radius 1 is 1.22 bits per heavy atom. The van der Waals surface area contributed by atoms with Gasteiger partial charge in [0.05, 0.1) is 12.1 Å². The molecule has 0 radical (unpaired) electrons. The molecule has 2 heterocycles. The summed E-state index contributed by atoms with van der Waals surface area (Å²) in [5.74, 6) is -0.601. The van der Waals surface area contributed by atoms with Gasteiger partial charge in [0.15, 0.2) is 5.84 Å². The molecule has 4 N–H and O–H groups in total. The molecule has 0 bridgehead atoms. The molecule has 1 aliphatic rings. The summed E-state index contributed by atoms with van der Waals surface area (Å²) in [6.07, 6.45) is 11.5. The first-order valence-corrected chi connectivity index (χ1v) is 9.94. The second-order valence-corrected chi connectivity index (χ2v) is 6.76. The molecule has 0 unspecified atom stereocenters. The molecule has 1 aromatic heterocycles. The van der Waals surface area contributed by atoms with Gasteiger partial charge >= 0.3 is 5.97 Å². The van der Waals surface area contributed by atoms with Crippen molar-refractivity contribution in [2.45, 2.75) is 13.5 Å². The van der Waals surface area contributed by atoms with Crippen LogP contribution in [0.25, 0.3) is 0 Å². The molecule has 0 saturated carbocycles. The van der Waals surface area contributed by atoms with Crippen molar-refractivity contribution in [2.75, 3.05) is 6.54 Å². The molecule has 9 nitrogen and oxygen atoms in total. The number of hydrogen-bond acceptors (Lipinski definition) is 7. The van der Waals surface area contributed by atoms with E-state index in [0.29, 0.717) is 24.5 Å². The maximum absolute atomic E-state index is 12.5. The van der Waals surface area contributed by atoms with Crippen molar-refractivity contribution in [3.8, 4) is 0 Å². The van der Waals surface area contributed by atoms with E-state index in [1.165, 1.54) is 12.2 Å². The van der Waals surface area contributed by atoms with Crippen LogP contribution in [0.3, 0.4) is 0 Å². The Hall–Kier alpha value is -4.24. The Morgan fingerprint density at radius 2 is 2.03 bits per heavy atom. The number of benzene rings is 1. The van der Waals surface area contributed by atoms with E-state index in [1.54, 1.807) is 60.9 Å². The van der Waals surface area contributed by atoms with Crippen molar-refractivity contribution in [2.24, 2.45) is 5.10 Å². The third kappa shape index (κ3) is 6.38. The number of amides is 1. The summed E-state index contributed by atoms with van der Waals surface area (Å²) in [6.45, 7) is 2.61. The van der Waals surface area contributed by atoms with Gasteiger partial charge in [-0.15, -0.1) is 10.2 Å². The van der Waals surface area contributed by atoms with Crippen LogP contribution in [-0.2, 0) is 11.3 Å². The molecular formula is C23H24N6O3. The van der Waals surface area contributed by atoms with Gasteiger partial charge in [0, 0.05) is 30.1 Å². The van der Waals surface area contributed by atoms with Crippen molar-refractivity contribution in [1.29, 1.82) is 0 Å². The molecule has 1 aromatic carbocycles. The van der Waals surface area contributed by atoms with Gasteiger partial charge in [-0.3, -0.25) is 15.2 Å². The van der Waals surface area contributed by atoms with Crippen LogP contribution in [0.4, 0.5) is 0 Å². The highest BCUT2D eigenvalue weighted by molar-refractivity contribution is 6.02. The zero-order valence-corrected chi connectivity index (χ0v) is 17.5. The number of carbonyl (C=O) groups excluding carboxylic acids is 1. The molecular weight excluding hydrogens is 408 g/mol. The summed E-state index contributed by atoms with van der Waals surface area (Å²) in [5, 5.41) is 17.9. The van der Waals surface area contributed by atoms with Crippen LogP contribution < -0.4 is 16.3 Å². The topological polar surface area (TPSA) is 119 Å². The Bertz CT molecular complexity index is 1080. The van der Waals surface area contributed by atoms with Gasteiger partial charge in [-0.25, -0.2) is 10.3 Å². The summed E-state index contributed by atoms with van der Waals surface area (Å²) in [6, 6.07) is 10.8. The predicted molar refractivity (Wildman–Crippen MR) is 121 cm³/mol. The Balaban J connectivity index is 1.54. The summed E-state index contributed by atoms with van der Waals surface area (Å²) in [5.41, 5.74) is 8.38. The molecule has 0 saturated heterocycles. The summed E-state index contributed by atoms with van der Waals surface area (Å²) in [7, 11) is 0. The summed E-state index contributed by atoms with van der Waals surface area (Å²) >= 11 is 0. The molecule has 164 valence electrons. The van der Waals surface area contributed by atoms with E-state index in [-0.39, 0.29) is 11.5 Å². The van der Waals surface area contributed by atoms with E-state index in [2.05, 4.69) is 26.4 Å². The van der Waals surface area contributed by atoms with Gasteiger partial charge in [0.1, 0.15) is 0 Å². The van der Waals surface area contributed by atoms with Crippen LogP contribution in [0.1, 0.15) is 28.4 Å². The molecule has 2 aromatic rings. The van der Waals surface area contributed by atoms with E-state index >= 15 is 0 Å². The van der Waals surface area contributed by atoms with Crippen LogP contribution in [0.5, 0.6) is 0 Å². The van der Waals surface area contributed by atoms with Crippen LogP contribution >= 0.6 is 0 Å². The van der Waals surface area contributed by atoms with Crippen molar-refractivity contribution in [3.05, 3.63) is 101 Å². The van der Waals surface area contributed by atoms with Crippen LogP contribution in [0.2, 0.25) is 0 Å². The number of hydrogen-bond donors (Lipinski definition) is 4. The average Bonchev–Trinajstić information content (AvgIpc) is 3.29. The predicted octanol–water partition coefficient (Wildman–Crippen LogP) is 2.14. The first-order valence-electron chi connectivity index (χ1n) is 9.94. The fourth-order valence-corrected chi connectivity index (χ4v) is 2.81. The lowest BCUT2D eigenvalue weighted by Crippen LogP contribution is -2.41. The van der Waals surface area contributed by atoms with Crippen LogP contribution in [0, 0.1) is 0 Å². The number of allylic oxidation sites excluding steroid dienone is 3. The lowest BCUT2D eigenvalue weighted by atomic mass is 10.1. The summed E-state index contributed by atoms with van der Waals surface area (Å²) in [4.78, 5) is 27.6. The number of aliphatic carboxylic acids is 1. The fraction of sp³-hybridized carbons (Fsp3) is 0.130. The molecule has 9 heteroatoms. The minimum Gasteiger partial charge on any atom is -0.478 e. The number of pyridine rings is 1. The smallest absolute Gasteiger partial charge is 0.335 e. The molecule has 0 fully saturated rings. The minimum absolute atomic E-state index is 0.183. The standard InChI is InChI=1S/C23H24N6O3/c1-2-6-18(23(31)32)7-3-4-14-29-27-21(26-28-29)19-8-5-9-20(15-19)22(30)25-16-17-10-12-24-13-11-17/h2-13,15,28H,14,16H2,1H3,(H,25,30)(H,26,27)(H,31,32)/b4-3+,6-2-,18-7+. The first-order chi connectivity index (χ1) is 15.6. The Labute approximate surface area is 185 Å².